The predicted octanol–water partition coefficient (Wildman–Crippen LogP) is 1.98. The van der Waals surface area contributed by atoms with Crippen molar-refractivity contribution in [3.05, 3.63) is 11.8 Å². The SMILES string of the molecule is CC(C)n1nc(C(F)F)cc1N. The van der Waals surface area contributed by atoms with E-state index in [0.29, 0.717) is 0 Å². The number of nitrogen functional groups attached to an aromatic ring is 1. The number of hydrogen-bond acceptors (Lipinski definition) is 2. The van der Waals surface area contributed by atoms with Gasteiger partial charge in [0.15, 0.2) is 0 Å². The van der Waals surface area contributed by atoms with E-state index in [0.717, 1.165) is 0 Å². The zero-order valence-corrected chi connectivity index (χ0v) is 6.96. The molecular weight excluding hydrogens is 164 g/mol. The maximum atomic E-state index is 12.1. The third-order valence-corrected chi connectivity index (χ3v) is 1.50. The molecule has 1 heterocycles. The molecule has 0 aliphatic heterocycles. The summed E-state index contributed by atoms with van der Waals surface area (Å²) in [5.41, 5.74) is 5.18. The van der Waals surface area contributed by atoms with Gasteiger partial charge >= 0.3 is 0 Å². The van der Waals surface area contributed by atoms with Gasteiger partial charge in [-0.3, -0.25) is 0 Å². The molecule has 12 heavy (non-hydrogen) atoms. The van der Waals surface area contributed by atoms with Gasteiger partial charge in [0.25, 0.3) is 6.43 Å². The predicted molar refractivity (Wildman–Crippen MR) is 42.0 cm³/mol. The van der Waals surface area contributed by atoms with Crippen LogP contribution in [-0.4, -0.2) is 9.78 Å². The first-order valence-electron chi connectivity index (χ1n) is 3.65. The lowest BCUT2D eigenvalue weighted by Gasteiger charge is -2.06. The van der Waals surface area contributed by atoms with Crippen molar-refractivity contribution in [3.63, 3.8) is 0 Å². The van der Waals surface area contributed by atoms with Crippen molar-refractivity contribution < 1.29 is 8.78 Å². The lowest BCUT2D eigenvalue weighted by atomic mass is 10.4. The van der Waals surface area contributed by atoms with E-state index in [-0.39, 0.29) is 17.6 Å². The lowest BCUT2D eigenvalue weighted by Crippen LogP contribution is -2.06. The fourth-order valence-electron chi connectivity index (χ4n) is 0.949. The number of anilines is 1. The lowest BCUT2D eigenvalue weighted by molar-refractivity contribution is 0.144. The summed E-state index contributed by atoms with van der Waals surface area (Å²) in [4.78, 5) is 0. The molecule has 2 N–H and O–H groups in total. The Morgan fingerprint density at radius 2 is 2.08 bits per heavy atom. The van der Waals surface area contributed by atoms with Crippen LogP contribution < -0.4 is 5.73 Å². The molecule has 0 aliphatic carbocycles. The largest absolute Gasteiger partial charge is 0.384 e. The zero-order valence-electron chi connectivity index (χ0n) is 6.96. The summed E-state index contributed by atoms with van der Waals surface area (Å²) >= 11 is 0. The standard InChI is InChI=1S/C7H11F2N3/c1-4(2)12-6(10)3-5(11-12)7(8)9/h3-4,7H,10H2,1-2H3. The highest BCUT2D eigenvalue weighted by atomic mass is 19.3. The molecule has 68 valence electrons. The van der Waals surface area contributed by atoms with Crippen molar-refractivity contribution in [2.24, 2.45) is 0 Å². The van der Waals surface area contributed by atoms with Gasteiger partial charge in [-0.05, 0) is 13.8 Å². The van der Waals surface area contributed by atoms with Crippen LogP contribution in [-0.2, 0) is 0 Å². The van der Waals surface area contributed by atoms with E-state index in [9.17, 15) is 8.78 Å². The van der Waals surface area contributed by atoms with Crippen molar-refractivity contribution in [2.75, 3.05) is 5.73 Å². The first-order chi connectivity index (χ1) is 5.52. The molecule has 0 bridgehead atoms. The normalized spacial score (nSPS) is 11.5. The summed E-state index contributed by atoms with van der Waals surface area (Å²) < 4.78 is 25.6. The minimum Gasteiger partial charge on any atom is -0.384 e. The molecule has 0 aliphatic rings. The summed E-state index contributed by atoms with van der Waals surface area (Å²) in [5, 5.41) is 3.65. The van der Waals surface area contributed by atoms with Crippen LogP contribution >= 0.6 is 0 Å². The third kappa shape index (κ3) is 1.54. The molecule has 0 saturated carbocycles. The summed E-state index contributed by atoms with van der Waals surface area (Å²) in [6, 6.07) is 1.21. The molecule has 0 fully saturated rings. The van der Waals surface area contributed by atoms with Gasteiger partial charge in [0.2, 0.25) is 0 Å². The Morgan fingerprint density at radius 1 is 1.50 bits per heavy atom. The fraction of sp³-hybridized carbons (Fsp3) is 0.571. The van der Waals surface area contributed by atoms with Crippen molar-refractivity contribution in [2.45, 2.75) is 26.3 Å². The van der Waals surface area contributed by atoms with Gasteiger partial charge in [-0.2, -0.15) is 5.10 Å². The second-order valence-electron chi connectivity index (χ2n) is 2.83. The third-order valence-electron chi connectivity index (χ3n) is 1.50. The van der Waals surface area contributed by atoms with E-state index >= 15 is 0 Å². The Balaban J connectivity index is 3.00. The second-order valence-corrected chi connectivity index (χ2v) is 2.83. The summed E-state index contributed by atoms with van der Waals surface area (Å²) in [6.45, 7) is 3.66. The number of nitrogens with zero attached hydrogens (tertiary/aromatic N) is 2. The summed E-state index contributed by atoms with van der Waals surface area (Å²) in [5.74, 6) is 0.278. The molecule has 0 atom stereocenters. The van der Waals surface area contributed by atoms with Gasteiger partial charge in [0, 0.05) is 12.1 Å². The van der Waals surface area contributed by atoms with Crippen LogP contribution in [0, 0.1) is 0 Å². The van der Waals surface area contributed by atoms with E-state index in [1.165, 1.54) is 10.7 Å². The Hall–Kier alpha value is -1.13. The topological polar surface area (TPSA) is 43.8 Å². The van der Waals surface area contributed by atoms with Crippen molar-refractivity contribution >= 4 is 5.82 Å². The number of alkyl halides is 2. The molecule has 1 rings (SSSR count). The van der Waals surface area contributed by atoms with Crippen molar-refractivity contribution in [3.8, 4) is 0 Å². The minimum absolute atomic E-state index is 0.0116. The van der Waals surface area contributed by atoms with Crippen molar-refractivity contribution in [1.29, 1.82) is 0 Å². The summed E-state index contributed by atoms with van der Waals surface area (Å²) in [6.07, 6.45) is -2.55. The molecule has 0 radical (unpaired) electrons. The van der Waals surface area contributed by atoms with Crippen LogP contribution in [0.2, 0.25) is 0 Å². The highest BCUT2D eigenvalue weighted by molar-refractivity contribution is 5.31. The smallest absolute Gasteiger partial charge is 0.282 e. The van der Waals surface area contributed by atoms with Crippen LogP contribution in [0.3, 0.4) is 0 Å². The number of halogens is 2. The molecular formula is C7H11F2N3. The molecule has 1 aromatic heterocycles. The van der Waals surface area contributed by atoms with E-state index in [1.807, 2.05) is 13.8 Å². The molecule has 0 unspecified atom stereocenters. The van der Waals surface area contributed by atoms with Crippen LogP contribution in [0.15, 0.2) is 6.07 Å². The number of aromatic nitrogens is 2. The minimum atomic E-state index is -2.55. The zero-order chi connectivity index (χ0) is 9.30. The fourth-order valence-corrected chi connectivity index (χ4v) is 0.949. The first-order valence-corrected chi connectivity index (χ1v) is 3.65. The van der Waals surface area contributed by atoms with Crippen LogP contribution in [0.4, 0.5) is 14.6 Å². The highest BCUT2D eigenvalue weighted by Gasteiger charge is 2.14. The maximum absolute atomic E-state index is 12.1. The first kappa shape index (κ1) is 8.96. The molecule has 0 aromatic carbocycles. The Morgan fingerprint density at radius 3 is 2.33 bits per heavy atom. The molecule has 0 amide bonds. The Kier molecular flexibility index (Phi) is 2.30. The summed E-state index contributed by atoms with van der Waals surface area (Å²) in [7, 11) is 0. The average molecular weight is 175 g/mol. The number of rotatable bonds is 2. The van der Waals surface area contributed by atoms with E-state index in [2.05, 4.69) is 5.10 Å². The molecule has 5 heteroatoms. The van der Waals surface area contributed by atoms with E-state index < -0.39 is 6.43 Å². The van der Waals surface area contributed by atoms with Crippen LogP contribution in [0.1, 0.15) is 32.0 Å². The van der Waals surface area contributed by atoms with Gasteiger partial charge in [0.05, 0.1) is 0 Å². The van der Waals surface area contributed by atoms with Gasteiger partial charge < -0.3 is 5.73 Å². The highest BCUT2D eigenvalue weighted by Crippen LogP contribution is 2.21. The van der Waals surface area contributed by atoms with E-state index in [4.69, 9.17) is 5.73 Å². The quantitative estimate of drug-likeness (QED) is 0.746. The number of hydrogen-bond donors (Lipinski definition) is 1. The molecule has 1 aromatic rings. The monoisotopic (exact) mass is 175 g/mol. The molecule has 0 spiro atoms. The second kappa shape index (κ2) is 3.08. The van der Waals surface area contributed by atoms with E-state index in [1.54, 1.807) is 0 Å². The van der Waals surface area contributed by atoms with Gasteiger partial charge in [0.1, 0.15) is 11.5 Å². The average Bonchev–Trinajstić information content (AvgIpc) is 2.30. The van der Waals surface area contributed by atoms with Crippen LogP contribution in [0.5, 0.6) is 0 Å². The number of nitrogens with two attached hydrogens (primary N) is 1. The Labute approximate surface area is 69.2 Å². The van der Waals surface area contributed by atoms with Gasteiger partial charge in [-0.25, -0.2) is 13.5 Å². The van der Waals surface area contributed by atoms with Gasteiger partial charge in [-0.1, -0.05) is 0 Å². The Bertz CT molecular complexity index is 268. The van der Waals surface area contributed by atoms with Crippen molar-refractivity contribution in [1.82, 2.24) is 9.78 Å². The molecule has 3 nitrogen and oxygen atoms in total. The van der Waals surface area contributed by atoms with Crippen LogP contribution in [0.25, 0.3) is 0 Å². The molecule has 0 saturated heterocycles. The maximum Gasteiger partial charge on any atom is 0.282 e. The van der Waals surface area contributed by atoms with Gasteiger partial charge in [-0.15, -0.1) is 0 Å².